The van der Waals surface area contributed by atoms with Crippen molar-refractivity contribution >= 4 is 34.6 Å². The highest BCUT2D eigenvalue weighted by Crippen LogP contribution is 2.23. The SMILES string of the molecule is CC(C)[C@H](NC(=O)CC[C@H]1NC(=O)N(c2ccccc2)C1=O)c1nc2ccccc2[nH]1. The van der Waals surface area contributed by atoms with Gasteiger partial charge in [0.25, 0.3) is 5.91 Å². The van der Waals surface area contributed by atoms with E-state index in [1.807, 2.05) is 44.2 Å². The summed E-state index contributed by atoms with van der Waals surface area (Å²) in [6.45, 7) is 4.02. The number of carbonyl (C=O) groups excluding carboxylic acids is 3. The molecule has 8 nitrogen and oxygen atoms in total. The van der Waals surface area contributed by atoms with Gasteiger partial charge in [0.2, 0.25) is 5.91 Å². The minimum atomic E-state index is -0.720. The summed E-state index contributed by atoms with van der Waals surface area (Å²) in [5.74, 6) is 0.275. The van der Waals surface area contributed by atoms with Gasteiger partial charge >= 0.3 is 6.03 Å². The molecule has 2 aromatic carbocycles. The highest BCUT2D eigenvalue weighted by Gasteiger charge is 2.39. The number of amides is 4. The van der Waals surface area contributed by atoms with Gasteiger partial charge in [-0.1, -0.05) is 44.2 Å². The van der Waals surface area contributed by atoms with Crippen molar-refractivity contribution < 1.29 is 14.4 Å². The smallest absolute Gasteiger partial charge is 0.329 e. The largest absolute Gasteiger partial charge is 0.346 e. The molecule has 0 radical (unpaired) electrons. The van der Waals surface area contributed by atoms with Crippen molar-refractivity contribution in [2.45, 2.75) is 38.8 Å². The lowest BCUT2D eigenvalue weighted by Gasteiger charge is -2.20. The lowest BCUT2D eigenvalue weighted by molar-refractivity contribution is -0.122. The molecule has 2 atom stereocenters. The van der Waals surface area contributed by atoms with Crippen LogP contribution < -0.4 is 15.5 Å². The van der Waals surface area contributed by atoms with Gasteiger partial charge in [0.15, 0.2) is 0 Å². The van der Waals surface area contributed by atoms with Crippen molar-refractivity contribution in [3.63, 3.8) is 0 Å². The Morgan fingerprint density at radius 2 is 1.81 bits per heavy atom. The van der Waals surface area contributed by atoms with Gasteiger partial charge in [0.1, 0.15) is 11.9 Å². The average molecular weight is 419 g/mol. The third kappa shape index (κ3) is 4.28. The van der Waals surface area contributed by atoms with E-state index in [1.54, 1.807) is 24.3 Å². The number of nitrogens with one attached hydrogen (secondary N) is 3. The molecule has 1 aliphatic rings. The van der Waals surface area contributed by atoms with Crippen molar-refractivity contribution in [2.24, 2.45) is 5.92 Å². The van der Waals surface area contributed by atoms with Crippen LogP contribution in [0, 0.1) is 5.92 Å². The molecule has 0 unspecified atom stereocenters. The predicted molar refractivity (Wildman–Crippen MR) is 117 cm³/mol. The van der Waals surface area contributed by atoms with Crippen LogP contribution in [0.25, 0.3) is 11.0 Å². The fourth-order valence-electron chi connectivity index (χ4n) is 3.74. The van der Waals surface area contributed by atoms with Gasteiger partial charge in [-0.2, -0.15) is 0 Å². The molecule has 0 bridgehead atoms. The molecule has 31 heavy (non-hydrogen) atoms. The minimum absolute atomic E-state index is 0.114. The first-order valence-corrected chi connectivity index (χ1v) is 10.4. The topological polar surface area (TPSA) is 107 Å². The Kier molecular flexibility index (Phi) is 5.70. The summed E-state index contributed by atoms with van der Waals surface area (Å²) in [6, 6.07) is 15.0. The van der Waals surface area contributed by atoms with Gasteiger partial charge in [-0.15, -0.1) is 0 Å². The van der Waals surface area contributed by atoms with Crippen molar-refractivity contribution in [1.82, 2.24) is 20.6 Å². The third-order valence-electron chi connectivity index (χ3n) is 5.38. The van der Waals surface area contributed by atoms with Crippen LogP contribution in [0.4, 0.5) is 10.5 Å². The Morgan fingerprint density at radius 3 is 2.52 bits per heavy atom. The molecular weight excluding hydrogens is 394 g/mol. The monoisotopic (exact) mass is 419 g/mol. The van der Waals surface area contributed by atoms with Crippen molar-refractivity contribution in [3.8, 4) is 0 Å². The Hall–Kier alpha value is -3.68. The van der Waals surface area contributed by atoms with Crippen LogP contribution in [0.5, 0.6) is 0 Å². The highest BCUT2D eigenvalue weighted by atomic mass is 16.2. The molecule has 3 N–H and O–H groups in total. The molecule has 0 saturated carbocycles. The molecule has 2 heterocycles. The van der Waals surface area contributed by atoms with Crippen LogP contribution in [0.15, 0.2) is 54.6 Å². The second-order valence-electron chi connectivity index (χ2n) is 7.98. The van der Waals surface area contributed by atoms with Crippen LogP contribution in [0.1, 0.15) is 38.6 Å². The fraction of sp³-hybridized carbons (Fsp3) is 0.304. The molecule has 0 spiro atoms. The average Bonchev–Trinajstić information content (AvgIpc) is 3.31. The first kappa shape index (κ1) is 20.6. The summed E-state index contributed by atoms with van der Waals surface area (Å²) in [5.41, 5.74) is 2.28. The Morgan fingerprint density at radius 1 is 1.10 bits per heavy atom. The first-order valence-electron chi connectivity index (χ1n) is 10.4. The molecule has 4 rings (SSSR count). The second-order valence-corrected chi connectivity index (χ2v) is 7.98. The Labute approximate surface area is 180 Å². The third-order valence-corrected chi connectivity index (χ3v) is 5.38. The fourth-order valence-corrected chi connectivity index (χ4v) is 3.74. The van der Waals surface area contributed by atoms with Crippen LogP contribution in [-0.2, 0) is 9.59 Å². The van der Waals surface area contributed by atoms with Crippen LogP contribution in [0.3, 0.4) is 0 Å². The van der Waals surface area contributed by atoms with Gasteiger partial charge in [-0.3, -0.25) is 9.59 Å². The standard InChI is InChI=1S/C23H25N5O3/c1-14(2)20(21-24-16-10-6-7-11-17(16)25-21)27-19(29)13-12-18-22(30)28(23(31)26-18)15-8-4-3-5-9-15/h3-11,14,18,20H,12-13H2,1-2H3,(H,24,25)(H,26,31)(H,27,29)/t18-,20+/m1/s1. The van der Waals surface area contributed by atoms with Gasteiger partial charge < -0.3 is 15.6 Å². The zero-order valence-electron chi connectivity index (χ0n) is 17.5. The minimum Gasteiger partial charge on any atom is -0.346 e. The summed E-state index contributed by atoms with van der Waals surface area (Å²) in [4.78, 5) is 46.6. The number of hydrogen-bond acceptors (Lipinski definition) is 4. The van der Waals surface area contributed by atoms with Gasteiger partial charge in [-0.25, -0.2) is 14.7 Å². The number of anilines is 1. The van der Waals surface area contributed by atoms with E-state index in [4.69, 9.17) is 0 Å². The highest BCUT2D eigenvalue weighted by molar-refractivity contribution is 6.21. The number of fused-ring (bicyclic) bond motifs is 1. The van der Waals surface area contributed by atoms with Crippen molar-refractivity contribution in [3.05, 3.63) is 60.4 Å². The molecule has 1 saturated heterocycles. The molecule has 1 fully saturated rings. The van der Waals surface area contributed by atoms with Crippen LogP contribution >= 0.6 is 0 Å². The first-order chi connectivity index (χ1) is 14.9. The Balaban J connectivity index is 1.39. The molecular formula is C23H25N5O3. The van der Waals surface area contributed by atoms with E-state index < -0.39 is 12.1 Å². The van der Waals surface area contributed by atoms with E-state index in [0.29, 0.717) is 11.5 Å². The van der Waals surface area contributed by atoms with E-state index in [9.17, 15) is 14.4 Å². The van der Waals surface area contributed by atoms with Crippen molar-refractivity contribution in [2.75, 3.05) is 4.90 Å². The number of carbonyl (C=O) groups is 3. The number of para-hydroxylation sites is 3. The normalized spacial score (nSPS) is 17.3. The van der Waals surface area contributed by atoms with E-state index in [1.165, 1.54) is 0 Å². The quantitative estimate of drug-likeness (QED) is 0.511. The molecule has 160 valence electrons. The van der Waals surface area contributed by atoms with E-state index in [2.05, 4.69) is 20.6 Å². The molecule has 4 amide bonds. The van der Waals surface area contributed by atoms with Crippen LogP contribution in [-0.4, -0.2) is 33.9 Å². The Bertz CT molecular complexity index is 1080. The number of rotatable bonds is 7. The van der Waals surface area contributed by atoms with E-state index >= 15 is 0 Å². The zero-order valence-corrected chi connectivity index (χ0v) is 17.5. The molecule has 1 aromatic heterocycles. The molecule has 8 heteroatoms. The maximum Gasteiger partial charge on any atom is 0.329 e. The number of hydrogen-bond donors (Lipinski definition) is 3. The lowest BCUT2D eigenvalue weighted by Crippen LogP contribution is -2.35. The number of nitrogens with zero attached hydrogens (tertiary/aromatic N) is 2. The van der Waals surface area contributed by atoms with Gasteiger partial charge in [0.05, 0.1) is 22.8 Å². The van der Waals surface area contributed by atoms with Gasteiger partial charge in [-0.05, 0) is 36.6 Å². The summed E-state index contributed by atoms with van der Waals surface area (Å²) in [6.07, 6.45) is 0.341. The second kappa shape index (κ2) is 8.59. The maximum atomic E-state index is 12.7. The number of imidazole rings is 1. The molecule has 3 aromatic rings. The number of aromatic nitrogens is 2. The summed E-state index contributed by atoms with van der Waals surface area (Å²) >= 11 is 0. The predicted octanol–water partition coefficient (Wildman–Crippen LogP) is 3.28. The van der Waals surface area contributed by atoms with E-state index in [0.717, 1.165) is 15.9 Å². The summed E-state index contributed by atoms with van der Waals surface area (Å²) in [5, 5.41) is 5.69. The lowest BCUT2D eigenvalue weighted by atomic mass is 10.0. The van der Waals surface area contributed by atoms with Crippen molar-refractivity contribution in [1.29, 1.82) is 0 Å². The summed E-state index contributed by atoms with van der Waals surface area (Å²) < 4.78 is 0. The van der Waals surface area contributed by atoms with Gasteiger partial charge in [0, 0.05) is 6.42 Å². The van der Waals surface area contributed by atoms with Crippen LogP contribution in [0.2, 0.25) is 0 Å². The number of aromatic amines is 1. The van der Waals surface area contributed by atoms with E-state index in [-0.39, 0.29) is 36.6 Å². The number of H-pyrrole nitrogens is 1. The number of imide groups is 1. The zero-order chi connectivity index (χ0) is 22.0. The number of benzene rings is 2. The number of urea groups is 1. The molecule has 0 aliphatic carbocycles. The molecule has 1 aliphatic heterocycles. The summed E-state index contributed by atoms with van der Waals surface area (Å²) in [7, 11) is 0. The maximum absolute atomic E-state index is 12.7.